The van der Waals surface area contributed by atoms with E-state index in [1.165, 1.54) is 0 Å². The summed E-state index contributed by atoms with van der Waals surface area (Å²) in [5.41, 5.74) is 1.00. The summed E-state index contributed by atoms with van der Waals surface area (Å²) < 4.78 is 0. The van der Waals surface area contributed by atoms with Gasteiger partial charge in [0.15, 0.2) is 0 Å². The van der Waals surface area contributed by atoms with E-state index in [0.717, 1.165) is 12.1 Å². The maximum atomic E-state index is 8.18. The molecule has 0 unspecified atom stereocenters. The van der Waals surface area contributed by atoms with Crippen molar-refractivity contribution in [1.29, 1.82) is 0 Å². The van der Waals surface area contributed by atoms with Gasteiger partial charge in [0.05, 0.1) is 0 Å². The molecule has 0 rings (SSSR count). The molecule has 2 heteroatoms. The Balaban J connectivity index is 3.29. The van der Waals surface area contributed by atoms with Crippen LogP contribution in [0.25, 0.3) is 0 Å². The summed E-state index contributed by atoms with van der Waals surface area (Å²) in [5.74, 6) is 0. The van der Waals surface area contributed by atoms with Crippen LogP contribution in [-0.4, -0.2) is 17.5 Å². The lowest BCUT2D eigenvalue weighted by molar-refractivity contribution is 0.309. The minimum Gasteiger partial charge on any atom is -0.375 e. The quantitative estimate of drug-likeness (QED) is 0.513. The number of rotatable bonds is 2. The number of hydrogen-bond acceptors (Lipinski definition) is 2. The summed E-state index contributed by atoms with van der Waals surface area (Å²) in [4.78, 5) is 3.72. The van der Waals surface area contributed by atoms with E-state index >= 15 is 0 Å². The van der Waals surface area contributed by atoms with Crippen molar-refractivity contribution >= 4 is 5.71 Å². The van der Waals surface area contributed by atoms with Crippen LogP contribution in [0, 0.1) is 0 Å². The molecule has 0 heterocycles. The molecule has 0 saturated heterocycles. The Kier molecular flexibility index (Phi) is 3.61. The first-order chi connectivity index (χ1) is 3.31. The van der Waals surface area contributed by atoms with Crippen LogP contribution in [0.4, 0.5) is 0 Å². The van der Waals surface area contributed by atoms with Gasteiger partial charge in [-0.3, -0.25) is 4.99 Å². The zero-order valence-corrected chi connectivity index (χ0v) is 4.81. The summed E-state index contributed by atoms with van der Waals surface area (Å²) in [7, 11) is 0. The fourth-order valence-electron chi connectivity index (χ4n) is 0.233. The zero-order valence-electron chi connectivity index (χ0n) is 4.81. The van der Waals surface area contributed by atoms with Gasteiger partial charge >= 0.3 is 0 Å². The largest absolute Gasteiger partial charge is 0.375 e. The first-order valence-electron chi connectivity index (χ1n) is 2.42. The summed E-state index contributed by atoms with van der Waals surface area (Å²) in [6, 6.07) is 0. The molecule has 7 heavy (non-hydrogen) atoms. The van der Waals surface area contributed by atoms with Crippen molar-refractivity contribution in [2.45, 2.75) is 20.3 Å². The van der Waals surface area contributed by atoms with Crippen LogP contribution in [-0.2, 0) is 0 Å². The minimum atomic E-state index is -0.0698. The Labute approximate surface area is 43.9 Å². The van der Waals surface area contributed by atoms with Gasteiger partial charge in [0, 0.05) is 5.71 Å². The number of hydrogen-bond donors (Lipinski definition) is 1. The molecule has 1 N–H and O–H groups in total. The van der Waals surface area contributed by atoms with E-state index in [0.29, 0.717) is 0 Å². The Morgan fingerprint density at radius 1 is 1.71 bits per heavy atom. The standard InChI is InChI=1S/C5H11NO/c1-3-5(2)6-4-7/h7H,3-4H2,1-2H3/b6-5-. The molecule has 0 aromatic rings. The van der Waals surface area contributed by atoms with Crippen molar-refractivity contribution in [1.82, 2.24) is 0 Å². The van der Waals surface area contributed by atoms with Crippen LogP contribution in [0.1, 0.15) is 20.3 Å². The molecule has 0 saturated carbocycles. The van der Waals surface area contributed by atoms with Gasteiger partial charge in [-0.1, -0.05) is 6.92 Å². The molecule has 0 fully saturated rings. The maximum Gasteiger partial charge on any atom is 0.134 e. The maximum absolute atomic E-state index is 8.18. The lowest BCUT2D eigenvalue weighted by Gasteiger charge is -1.87. The number of aliphatic imine (C=N–C) groups is 1. The Morgan fingerprint density at radius 3 is 2.43 bits per heavy atom. The predicted molar refractivity (Wildman–Crippen MR) is 30.5 cm³/mol. The molecule has 0 aliphatic heterocycles. The van der Waals surface area contributed by atoms with E-state index < -0.39 is 0 Å². The van der Waals surface area contributed by atoms with Crippen molar-refractivity contribution in [3.8, 4) is 0 Å². The molecular weight excluding hydrogens is 90.1 g/mol. The second-order valence-corrected chi connectivity index (χ2v) is 1.39. The number of nitrogens with zero attached hydrogens (tertiary/aromatic N) is 1. The minimum absolute atomic E-state index is 0.0698. The van der Waals surface area contributed by atoms with E-state index in [1.54, 1.807) is 0 Å². The molecule has 0 spiro atoms. The van der Waals surface area contributed by atoms with Gasteiger partial charge in [-0.15, -0.1) is 0 Å². The van der Waals surface area contributed by atoms with E-state index in [9.17, 15) is 0 Å². The molecule has 2 nitrogen and oxygen atoms in total. The summed E-state index contributed by atoms with van der Waals surface area (Å²) >= 11 is 0. The third-order valence-corrected chi connectivity index (χ3v) is 0.852. The summed E-state index contributed by atoms with van der Waals surface area (Å²) in [6.45, 7) is 3.84. The first-order valence-corrected chi connectivity index (χ1v) is 2.42. The average Bonchev–Trinajstić information content (AvgIpc) is 1.68. The average molecular weight is 101 g/mol. The van der Waals surface area contributed by atoms with E-state index in [4.69, 9.17) is 5.11 Å². The van der Waals surface area contributed by atoms with Crippen molar-refractivity contribution in [3.05, 3.63) is 0 Å². The van der Waals surface area contributed by atoms with Gasteiger partial charge in [0.2, 0.25) is 0 Å². The number of aliphatic hydroxyl groups excluding tert-OH is 1. The zero-order chi connectivity index (χ0) is 5.70. The Hall–Kier alpha value is -0.370. The van der Waals surface area contributed by atoms with Crippen molar-refractivity contribution < 1.29 is 5.11 Å². The van der Waals surface area contributed by atoms with Gasteiger partial charge in [-0.05, 0) is 13.3 Å². The van der Waals surface area contributed by atoms with E-state index in [-0.39, 0.29) is 6.73 Å². The van der Waals surface area contributed by atoms with Crippen molar-refractivity contribution in [3.63, 3.8) is 0 Å². The van der Waals surface area contributed by atoms with Gasteiger partial charge in [0.25, 0.3) is 0 Å². The SMILES string of the molecule is CC/C(C)=N\CO. The molecule has 0 atom stereocenters. The van der Waals surface area contributed by atoms with Crippen LogP contribution in [0.3, 0.4) is 0 Å². The molecule has 0 bridgehead atoms. The third kappa shape index (κ3) is 3.46. The molecule has 0 radical (unpaired) electrons. The van der Waals surface area contributed by atoms with E-state index in [2.05, 4.69) is 4.99 Å². The van der Waals surface area contributed by atoms with Crippen LogP contribution >= 0.6 is 0 Å². The normalized spacial score (nSPS) is 12.1. The summed E-state index contributed by atoms with van der Waals surface area (Å²) in [6.07, 6.45) is 0.931. The highest BCUT2D eigenvalue weighted by molar-refractivity contribution is 5.81. The van der Waals surface area contributed by atoms with Gasteiger partial charge in [-0.25, -0.2) is 0 Å². The lowest BCUT2D eigenvalue weighted by atomic mass is 10.3. The highest BCUT2D eigenvalue weighted by Crippen LogP contribution is 1.80. The molecule has 0 aliphatic rings. The van der Waals surface area contributed by atoms with Crippen LogP contribution in [0.5, 0.6) is 0 Å². The van der Waals surface area contributed by atoms with E-state index in [1.807, 2.05) is 13.8 Å². The molecule has 0 aromatic heterocycles. The van der Waals surface area contributed by atoms with Crippen LogP contribution < -0.4 is 0 Å². The Morgan fingerprint density at radius 2 is 2.29 bits per heavy atom. The van der Waals surface area contributed by atoms with Gasteiger partial charge in [0.1, 0.15) is 6.73 Å². The molecule has 0 aliphatic carbocycles. The smallest absolute Gasteiger partial charge is 0.134 e. The highest BCUT2D eigenvalue weighted by atomic mass is 16.3. The first kappa shape index (κ1) is 6.63. The Bertz CT molecular complexity index is 68.5. The van der Waals surface area contributed by atoms with Crippen molar-refractivity contribution in [2.24, 2.45) is 4.99 Å². The second-order valence-electron chi connectivity index (χ2n) is 1.39. The van der Waals surface area contributed by atoms with Gasteiger partial charge < -0.3 is 5.11 Å². The molecular formula is C5H11NO. The van der Waals surface area contributed by atoms with Gasteiger partial charge in [-0.2, -0.15) is 0 Å². The monoisotopic (exact) mass is 101 g/mol. The second kappa shape index (κ2) is 3.81. The fourth-order valence-corrected chi connectivity index (χ4v) is 0.233. The highest BCUT2D eigenvalue weighted by Gasteiger charge is 1.78. The van der Waals surface area contributed by atoms with Crippen LogP contribution in [0.15, 0.2) is 4.99 Å². The third-order valence-electron chi connectivity index (χ3n) is 0.852. The lowest BCUT2D eigenvalue weighted by Crippen LogP contribution is -1.88. The predicted octanol–water partition coefficient (Wildman–Crippen LogP) is 0.807. The molecule has 0 aromatic carbocycles. The molecule has 0 amide bonds. The number of aliphatic hydroxyl groups is 1. The fraction of sp³-hybridized carbons (Fsp3) is 0.800. The van der Waals surface area contributed by atoms with Crippen LogP contribution in [0.2, 0.25) is 0 Å². The summed E-state index contributed by atoms with van der Waals surface area (Å²) in [5, 5.41) is 8.18. The van der Waals surface area contributed by atoms with Crippen molar-refractivity contribution in [2.75, 3.05) is 6.73 Å². The topological polar surface area (TPSA) is 32.6 Å². The molecule has 42 valence electrons.